The van der Waals surface area contributed by atoms with E-state index >= 15 is 0 Å². The molecule has 1 aliphatic heterocycles. The van der Waals surface area contributed by atoms with Gasteiger partial charge in [0.25, 0.3) is 0 Å². The summed E-state index contributed by atoms with van der Waals surface area (Å²) in [6.07, 6.45) is 11.4. The first-order valence-electron chi connectivity index (χ1n) is 6.30. The van der Waals surface area contributed by atoms with Gasteiger partial charge < -0.3 is 5.32 Å². The number of allylic oxidation sites excluding steroid dienone is 5. The van der Waals surface area contributed by atoms with Gasteiger partial charge in [0.1, 0.15) is 0 Å². The maximum atomic E-state index is 3.45. The SMILES string of the molecule is CC1=CC=CCC(CN2CCCNCC2)=C1. The molecule has 2 rings (SSSR count). The second-order valence-corrected chi connectivity index (χ2v) is 4.73. The lowest BCUT2D eigenvalue weighted by molar-refractivity contribution is 0.315. The molecule has 1 saturated heterocycles. The van der Waals surface area contributed by atoms with Crippen molar-refractivity contribution < 1.29 is 0 Å². The van der Waals surface area contributed by atoms with Gasteiger partial charge in [-0.3, -0.25) is 4.90 Å². The predicted octanol–water partition coefficient (Wildman–Crippen LogP) is 2.11. The molecule has 2 heteroatoms. The zero-order valence-electron chi connectivity index (χ0n) is 10.2. The van der Waals surface area contributed by atoms with Gasteiger partial charge in [-0.15, -0.1) is 0 Å². The van der Waals surface area contributed by atoms with Crippen LogP contribution < -0.4 is 5.32 Å². The van der Waals surface area contributed by atoms with Crippen LogP contribution in [0.2, 0.25) is 0 Å². The van der Waals surface area contributed by atoms with Gasteiger partial charge in [-0.05, 0) is 32.9 Å². The first-order chi connectivity index (χ1) is 7.84. The third-order valence-corrected chi connectivity index (χ3v) is 3.17. The third kappa shape index (κ3) is 3.62. The first kappa shape index (κ1) is 11.6. The Balaban J connectivity index is 1.92. The molecule has 16 heavy (non-hydrogen) atoms. The van der Waals surface area contributed by atoms with Crippen LogP contribution in [0.15, 0.2) is 35.5 Å². The average molecular weight is 218 g/mol. The molecule has 0 saturated carbocycles. The molecule has 88 valence electrons. The fourth-order valence-corrected chi connectivity index (χ4v) is 2.33. The number of rotatable bonds is 2. The highest BCUT2D eigenvalue weighted by Gasteiger charge is 2.10. The van der Waals surface area contributed by atoms with Gasteiger partial charge in [0.05, 0.1) is 0 Å². The first-order valence-corrected chi connectivity index (χ1v) is 6.30. The summed E-state index contributed by atoms with van der Waals surface area (Å²) in [5, 5.41) is 3.45. The summed E-state index contributed by atoms with van der Waals surface area (Å²) >= 11 is 0. The molecule has 0 unspecified atom stereocenters. The summed E-state index contributed by atoms with van der Waals surface area (Å²) in [7, 11) is 0. The Morgan fingerprint density at radius 3 is 3.19 bits per heavy atom. The van der Waals surface area contributed by atoms with Crippen molar-refractivity contribution >= 4 is 0 Å². The lowest BCUT2D eigenvalue weighted by Gasteiger charge is -2.20. The third-order valence-electron chi connectivity index (χ3n) is 3.17. The van der Waals surface area contributed by atoms with Gasteiger partial charge in [0, 0.05) is 19.6 Å². The average Bonchev–Trinajstić information content (AvgIpc) is 2.61. The zero-order chi connectivity index (χ0) is 11.2. The van der Waals surface area contributed by atoms with E-state index in [1.165, 1.54) is 31.6 Å². The minimum absolute atomic E-state index is 1.11. The molecule has 0 atom stereocenters. The molecule has 0 amide bonds. The van der Waals surface area contributed by atoms with Gasteiger partial charge in [-0.1, -0.05) is 35.5 Å². The quantitative estimate of drug-likeness (QED) is 0.763. The maximum Gasteiger partial charge on any atom is 0.0199 e. The van der Waals surface area contributed by atoms with Crippen LogP contribution >= 0.6 is 0 Å². The molecule has 2 nitrogen and oxygen atoms in total. The van der Waals surface area contributed by atoms with Crippen molar-refractivity contribution in [3.8, 4) is 0 Å². The van der Waals surface area contributed by atoms with Gasteiger partial charge in [0.15, 0.2) is 0 Å². The molecule has 2 aliphatic rings. The Bertz CT molecular complexity index is 305. The smallest absolute Gasteiger partial charge is 0.0199 e. The van der Waals surface area contributed by atoms with Crippen molar-refractivity contribution in [1.29, 1.82) is 0 Å². The minimum Gasteiger partial charge on any atom is -0.315 e. The normalized spacial score (nSPS) is 23.3. The predicted molar refractivity (Wildman–Crippen MR) is 69.5 cm³/mol. The molecule has 0 aromatic rings. The Kier molecular flexibility index (Phi) is 4.37. The second-order valence-electron chi connectivity index (χ2n) is 4.73. The van der Waals surface area contributed by atoms with Gasteiger partial charge in [-0.25, -0.2) is 0 Å². The molecule has 0 aromatic heterocycles. The van der Waals surface area contributed by atoms with E-state index in [1.807, 2.05) is 0 Å². The molecular formula is C14H22N2. The monoisotopic (exact) mass is 218 g/mol. The van der Waals surface area contributed by atoms with E-state index in [0.717, 1.165) is 19.5 Å². The van der Waals surface area contributed by atoms with E-state index in [2.05, 4.69) is 41.4 Å². The number of hydrogen-bond acceptors (Lipinski definition) is 2. The van der Waals surface area contributed by atoms with E-state index in [9.17, 15) is 0 Å². The van der Waals surface area contributed by atoms with Gasteiger partial charge >= 0.3 is 0 Å². The lowest BCUT2D eigenvalue weighted by atomic mass is 10.1. The summed E-state index contributed by atoms with van der Waals surface area (Å²) in [5.74, 6) is 0. The summed E-state index contributed by atoms with van der Waals surface area (Å²) in [6, 6.07) is 0. The highest BCUT2D eigenvalue weighted by molar-refractivity contribution is 5.30. The van der Waals surface area contributed by atoms with Crippen molar-refractivity contribution in [3.05, 3.63) is 35.5 Å². The molecular weight excluding hydrogens is 196 g/mol. The summed E-state index contributed by atoms with van der Waals surface area (Å²) in [5.41, 5.74) is 2.92. The molecule has 1 N–H and O–H groups in total. The van der Waals surface area contributed by atoms with Crippen LogP contribution in [-0.4, -0.2) is 37.6 Å². The minimum atomic E-state index is 1.11. The number of hydrogen-bond donors (Lipinski definition) is 1. The Morgan fingerprint density at radius 2 is 2.25 bits per heavy atom. The van der Waals surface area contributed by atoms with Crippen molar-refractivity contribution in [2.75, 3.05) is 32.7 Å². The van der Waals surface area contributed by atoms with E-state index in [4.69, 9.17) is 0 Å². The molecule has 1 aliphatic carbocycles. The van der Waals surface area contributed by atoms with Gasteiger partial charge in [-0.2, -0.15) is 0 Å². The van der Waals surface area contributed by atoms with Crippen molar-refractivity contribution in [3.63, 3.8) is 0 Å². The van der Waals surface area contributed by atoms with Crippen LogP contribution in [0.5, 0.6) is 0 Å². The molecule has 1 heterocycles. The fraction of sp³-hybridized carbons (Fsp3) is 0.571. The molecule has 0 radical (unpaired) electrons. The maximum absolute atomic E-state index is 3.45. The standard InChI is InChI=1S/C14H22N2/c1-13-5-2-3-6-14(11-13)12-16-9-4-7-15-8-10-16/h2-3,5,11,15H,4,6-10,12H2,1H3. The molecule has 1 fully saturated rings. The Labute approximate surface area is 98.7 Å². The molecule has 0 bridgehead atoms. The summed E-state index contributed by atoms with van der Waals surface area (Å²) in [6.45, 7) is 8.05. The van der Waals surface area contributed by atoms with Crippen molar-refractivity contribution in [2.45, 2.75) is 19.8 Å². The highest BCUT2D eigenvalue weighted by atomic mass is 15.1. The Morgan fingerprint density at radius 1 is 1.31 bits per heavy atom. The van der Waals surface area contributed by atoms with Crippen molar-refractivity contribution in [1.82, 2.24) is 10.2 Å². The van der Waals surface area contributed by atoms with Crippen LogP contribution in [0.4, 0.5) is 0 Å². The largest absolute Gasteiger partial charge is 0.315 e. The molecule has 0 spiro atoms. The van der Waals surface area contributed by atoms with Crippen LogP contribution in [0.25, 0.3) is 0 Å². The molecule has 0 aromatic carbocycles. The topological polar surface area (TPSA) is 15.3 Å². The second kappa shape index (κ2) is 6.02. The van der Waals surface area contributed by atoms with E-state index in [1.54, 1.807) is 5.57 Å². The summed E-state index contributed by atoms with van der Waals surface area (Å²) < 4.78 is 0. The van der Waals surface area contributed by atoms with E-state index < -0.39 is 0 Å². The van der Waals surface area contributed by atoms with Gasteiger partial charge in [0.2, 0.25) is 0 Å². The van der Waals surface area contributed by atoms with Crippen LogP contribution in [0.1, 0.15) is 19.8 Å². The van der Waals surface area contributed by atoms with Crippen molar-refractivity contribution in [2.24, 2.45) is 0 Å². The zero-order valence-corrected chi connectivity index (χ0v) is 10.2. The van der Waals surface area contributed by atoms with Crippen LogP contribution in [-0.2, 0) is 0 Å². The van der Waals surface area contributed by atoms with Crippen LogP contribution in [0.3, 0.4) is 0 Å². The van der Waals surface area contributed by atoms with E-state index in [0.29, 0.717) is 0 Å². The number of nitrogens with zero attached hydrogens (tertiary/aromatic N) is 1. The Hall–Kier alpha value is -0.860. The number of nitrogens with one attached hydrogen (secondary N) is 1. The van der Waals surface area contributed by atoms with Crippen LogP contribution in [0, 0.1) is 0 Å². The highest BCUT2D eigenvalue weighted by Crippen LogP contribution is 2.13. The summed E-state index contributed by atoms with van der Waals surface area (Å²) in [4.78, 5) is 2.57. The lowest BCUT2D eigenvalue weighted by Crippen LogP contribution is -2.29. The fourth-order valence-electron chi connectivity index (χ4n) is 2.33. The van der Waals surface area contributed by atoms with E-state index in [-0.39, 0.29) is 0 Å².